The van der Waals surface area contributed by atoms with Gasteiger partial charge in [-0.15, -0.1) is 0 Å². The number of halogens is 2. The van der Waals surface area contributed by atoms with Crippen molar-refractivity contribution in [3.8, 4) is 0 Å². The van der Waals surface area contributed by atoms with Crippen LogP contribution in [0.25, 0.3) is 0 Å². The smallest absolute Gasteiger partial charge is 0.163 e. The van der Waals surface area contributed by atoms with Crippen molar-refractivity contribution in [1.82, 2.24) is 14.8 Å². The fourth-order valence-electron chi connectivity index (χ4n) is 1.96. The van der Waals surface area contributed by atoms with Crippen LogP contribution in [0, 0.1) is 11.6 Å². The van der Waals surface area contributed by atoms with Crippen LogP contribution in [0.1, 0.15) is 30.8 Å². The normalized spacial score (nSPS) is 12.6. The summed E-state index contributed by atoms with van der Waals surface area (Å²) in [5.74, 6) is -1.10. The minimum absolute atomic E-state index is 0.158. The van der Waals surface area contributed by atoms with Gasteiger partial charge >= 0.3 is 0 Å². The molecular formula is C13H16F2N4. The Bertz CT molecular complexity index is 553. The SMILES string of the molecule is CCCn1ncnc1CC(N)c1cccc(F)c1F. The van der Waals surface area contributed by atoms with Crippen LogP contribution in [0.2, 0.25) is 0 Å². The molecule has 0 spiro atoms. The third-order valence-corrected chi connectivity index (χ3v) is 2.91. The summed E-state index contributed by atoms with van der Waals surface area (Å²) in [4.78, 5) is 4.11. The lowest BCUT2D eigenvalue weighted by Gasteiger charge is -2.13. The largest absolute Gasteiger partial charge is 0.323 e. The van der Waals surface area contributed by atoms with Crippen LogP contribution in [0.15, 0.2) is 24.5 Å². The molecule has 4 nitrogen and oxygen atoms in total. The Hall–Kier alpha value is -1.82. The Kier molecular flexibility index (Phi) is 4.21. The van der Waals surface area contributed by atoms with Crippen LogP contribution in [-0.4, -0.2) is 14.8 Å². The maximum atomic E-state index is 13.6. The van der Waals surface area contributed by atoms with Gasteiger partial charge in [0.2, 0.25) is 0 Å². The van der Waals surface area contributed by atoms with Crippen molar-refractivity contribution in [2.24, 2.45) is 5.73 Å². The zero-order valence-electron chi connectivity index (χ0n) is 10.7. The average molecular weight is 266 g/mol. The van der Waals surface area contributed by atoms with Crippen molar-refractivity contribution in [2.75, 3.05) is 0 Å². The molecule has 0 radical (unpaired) electrons. The highest BCUT2D eigenvalue weighted by molar-refractivity contribution is 5.23. The molecule has 1 unspecified atom stereocenters. The first-order chi connectivity index (χ1) is 9.13. The van der Waals surface area contributed by atoms with E-state index in [0.717, 1.165) is 19.0 Å². The first-order valence-corrected chi connectivity index (χ1v) is 6.19. The fraction of sp³-hybridized carbons (Fsp3) is 0.385. The van der Waals surface area contributed by atoms with E-state index in [-0.39, 0.29) is 5.56 Å². The molecule has 1 heterocycles. The van der Waals surface area contributed by atoms with Gasteiger partial charge in [-0.2, -0.15) is 5.10 Å². The van der Waals surface area contributed by atoms with Crippen LogP contribution in [0.4, 0.5) is 8.78 Å². The van der Waals surface area contributed by atoms with E-state index in [2.05, 4.69) is 10.1 Å². The maximum absolute atomic E-state index is 13.6. The molecule has 0 amide bonds. The van der Waals surface area contributed by atoms with Gasteiger partial charge in [-0.05, 0) is 12.5 Å². The van der Waals surface area contributed by atoms with Gasteiger partial charge in [-0.1, -0.05) is 19.1 Å². The zero-order chi connectivity index (χ0) is 13.8. The van der Waals surface area contributed by atoms with E-state index in [9.17, 15) is 8.78 Å². The topological polar surface area (TPSA) is 56.7 Å². The van der Waals surface area contributed by atoms with E-state index in [1.165, 1.54) is 18.5 Å². The number of benzene rings is 1. The van der Waals surface area contributed by atoms with E-state index in [1.54, 1.807) is 4.68 Å². The third-order valence-electron chi connectivity index (χ3n) is 2.91. The Labute approximate surface area is 110 Å². The van der Waals surface area contributed by atoms with Gasteiger partial charge < -0.3 is 5.73 Å². The number of aromatic nitrogens is 3. The lowest BCUT2D eigenvalue weighted by atomic mass is 10.0. The first kappa shape index (κ1) is 13.6. The highest BCUT2D eigenvalue weighted by Gasteiger charge is 2.17. The molecule has 19 heavy (non-hydrogen) atoms. The van der Waals surface area contributed by atoms with Crippen molar-refractivity contribution in [2.45, 2.75) is 32.4 Å². The van der Waals surface area contributed by atoms with Crippen molar-refractivity contribution in [3.05, 3.63) is 47.5 Å². The first-order valence-electron chi connectivity index (χ1n) is 6.19. The lowest BCUT2D eigenvalue weighted by Crippen LogP contribution is -2.18. The quantitative estimate of drug-likeness (QED) is 0.902. The molecule has 1 aromatic carbocycles. The van der Waals surface area contributed by atoms with E-state index in [1.807, 2.05) is 6.92 Å². The van der Waals surface area contributed by atoms with E-state index >= 15 is 0 Å². The number of nitrogens with zero attached hydrogens (tertiary/aromatic N) is 3. The predicted octanol–water partition coefficient (Wildman–Crippen LogP) is 2.21. The average Bonchev–Trinajstić information content (AvgIpc) is 2.80. The molecule has 6 heteroatoms. The monoisotopic (exact) mass is 266 g/mol. The van der Waals surface area contributed by atoms with Crippen LogP contribution in [0.3, 0.4) is 0 Å². The highest BCUT2D eigenvalue weighted by atomic mass is 19.2. The fourth-order valence-corrected chi connectivity index (χ4v) is 1.96. The Morgan fingerprint density at radius 2 is 2.16 bits per heavy atom. The summed E-state index contributed by atoms with van der Waals surface area (Å²) in [6.45, 7) is 2.76. The van der Waals surface area contributed by atoms with Crippen molar-refractivity contribution in [3.63, 3.8) is 0 Å². The second-order valence-corrected chi connectivity index (χ2v) is 4.35. The zero-order valence-corrected chi connectivity index (χ0v) is 10.7. The summed E-state index contributed by atoms with van der Waals surface area (Å²) in [6, 6.07) is 3.37. The van der Waals surface area contributed by atoms with Crippen molar-refractivity contribution in [1.29, 1.82) is 0 Å². The van der Waals surface area contributed by atoms with Crippen LogP contribution in [-0.2, 0) is 13.0 Å². The summed E-state index contributed by atoms with van der Waals surface area (Å²) < 4.78 is 28.5. The second kappa shape index (κ2) is 5.88. The van der Waals surface area contributed by atoms with Gasteiger partial charge in [-0.3, -0.25) is 4.68 Å². The van der Waals surface area contributed by atoms with Crippen molar-refractivity contribution >= 4 is 0 Å². The highest BCUT2D eigenvalue weighted by Crippen LogP contribution is 2.20. The Morgan fingerprint density at radius 1 is 1.37 bits per heavy atom. The van der Waals surface area contributed by atoms with Crippen molar-refractivity contribution < 1.29 is 8.78 Å². The molecular weight excluding hydrogens is 250 g/mol. The van der Waals surface area contributed by atoms with E-state index in [0.29, 0.717) is 12.2 Å². The number of nitrogens with two attached hydrogens (primary N) is 1. The summed E-state index contributed by atoms with van der Waals surface area (Å²) in [7, 11) is 0. The minimum Gasteiger partial charge on any atom is -0.323 e. The summed E-state index contributed by atoms with van der Waals surface area (Å²) >= 11 is 0. The predicted molar refractivity (Wildman–Crippen MR) is 67.3 cm³/mol. The van der Waals surface area contributed by atoms with Gasteiger partial charge in [0.05, 0.1) is 0 Å². The van der Waals surface area contributed by atoms with Gasteiger partial charge in [-0.25, -0.2) is 13.8 Å². The molecule has 0 fully saturated rings. The summed E-state index contributed by atoms with van der Waals surface area (Å²) in [6.07, 6.45) is 2.68. The van der Waals surface area contributed by atoms with Crippen LogP contribution in [0.5, 0.6) is 0 Å². The molecule has 0 saturated heterocycles. The van der Waals surface area contributed by atoms with Gasteiger partial charge in [0.1, 0.15) is 12.2 Å². The maximum Gasteiger partial charge on any atom is 0.163 e. The van der Waals surface area contributed by atoms with E-state index in [4.69, 9.17) is 5.73 Å². The third kappa shape index (κ3) is 2.96. The second-order valence-electron chi connectivity index (χ2n) is 4.35. The number of aryl methyl sites for hydroxylation is 1. The summed E-state index contributed by atoms with van der Waals surface area (Å²) in [5.41, 5.74) is 6.09. The molecule has 2 N–H and O–H groups in total. The Morgan fingerprint density at radius 3 is 2.89 bits per heavy atom. The van der Waals surface area contributed by atoms with Gasteiger partial charge in [0.25, 0.3) is 0 Å². The van der Waals surface area contributed by atoms with Crippen LogP contribution >= 0.6 is 0 Å². The molecule has 0 saturated carbocycles. The molecule has 0 aliphatic carbocycles. The molecule has 0 bridgehead atoms. The molecule has 1 atom stereocenters. The van der Waals surface area contributed by atoms with Gasteiger partial charge in [0.15, 0.2) is 11.6 Å². The molecule has 2 aromatic rings. The van der Waals surface area contributed by atoms with E-state index < -0.39 is 17.7 Å². The molecule has 102 valence electrons. The summed E-state index contributed by atoms with van der Waals surface area (Å²) in [5, 5.41) is 4.07. The molecule has 0 aliphatic rings. The number of hydrogen-bond donors (Lipinski definition) is 1. The molecule has 1 aromatic heterocycles. The number of hydrogen-bond acceptors (Lipinski definition) is 3. The minimum atomic E-state index is -0.892. The van der Waals surface area contributed by atoms with Crippen LogP contribution < -0.4 is 5.73 Å². The molecule has 2 rings (SSSR count). The van der Waals surface area contributed by atoms with Gasteiger partial charge in [0, 0.05) is 24.6 Å². The molecule has 0 aliphatic heterocycles. The lowest BCUT2D eigenvalue weighted by molar-refractivity contribution is 0.482. The Balaban J connectivity index is 2.18. The standard InChI is InChI=1S/C13H16F2N4/c1-2-6-19-12(17-8-18-19)7-11(16)9-4-3-5-10(14)13(9)15/h3-5,8,11H,2,6-7,16H2,1H3. The number of rotatable bonds is 5.